The lowest BCUT2D eigenvalue weighted by Crippen LogP contribution is -2.09. The van der Waals surface area contributed by atoms with E-state index in [2.05, 4.69) is 15.3 Å². The number of fused-ring (bicyclic) bond motifs is 1. The predicted octanol–water partition coefficient (Wildman–Crippen LogP) is 4.02. The van der Waals surface area contributed by atoms with E-state index in [4.69, 9.17) is 0 Å². The average molecular weight is 334 g/mol. The van der Waals surface area contributed by atoms with Crippen molar-refractivity contribution in [1.82, 2.24) is 14.4 Å². The number of amides is 1. The Labute approximate surface area is 142 Å². The van der Waals surface area contributed by atoms with Crippen LogP contribution in [0.15, 0.2) is 60.2 Å². The van der Waals surface area contributed by atoms with Gasteiger partial charge in [-0.2, -0.15) is 0 Å². The molecule has 0 saturated carbocycles. The van der Waals surface area contributed by atoms with Gasteiger partial charge in [0, 0.05) is 29.3 Å². The first-order valence-electron chi connectivity index (χ1n) is 7.47. The molecule has 0 aliphatic carbocycles. The van der Waals surface area contributed by atoms with Crippen LogP contribution in [0.4, 0.5) is 5.69 Å². The van der Waals surface area contributed by atoms with E-state index in [1.165, 1.54) is 11.3 Å². The third kappa shape index (κ3) is 2.79. The Hall–Kier alpha value is -2.99. The number of nitrogens with one attached hydrogen (secondary N) is 1. The molecule has 1 N–H and O–H groups in total. The average Bonchev–Trinajstić information content (AvgIpc) is 3.24. The van der Waals surface area contributed by atoms with Gasteiger partial charge in [0.05, 0.1) is 10.6 Å². The predicted molar refractivity (Wildman–Crippen MR) is 95.4 cm³/mol. The summed E-state index contributed by atoms with van der Waals surface area (Å²) in [5.74, 6) is 0.588. The van der Waals surface area contributed by atoms with Gasteiger partial charge in [0.15, 0.2) is 0 Å². The van der Waals surface area contributed by atoms with E-state index in [1.807, 2.05) is 65.5 Å². The Morgan fingerprint density at radius 2 is 1.96 bits per heavy atom. The van der Waals surface area contributed by atoms with Crippen LogP contribution in [0.25, 0.3) is 17.0 Å². The van der Waals surface area contributed by atoms with E-state index in [1.54, 1.807) is 6.07 Å². The molecule has 24 heavy (non-hydrogen) atoms. The zero-order valence-electron chi connectivity index (χ0n) is 12.9. The number of aromatic nitrogens is 3. The maximum atomic E-state index is 12.1. The molecule has 4 rings (SSSR count). The summed E-state index contributed by atoms with van der Waals surface area (Å²) in [4.78, 5) is 21.7. The number of hydrogen-bond acceptors (Lipinski definition) is 4. The van der Waals surface area contributed by atoms with Crippen molar-refractivity contribution in [3.8, 4) is 11.3 Å². The van der Waals surface area contributed by atoms with Gasteiger partial charge in [-0.15, -0.1) is 11.3 Å². The largest absolute Gasteiger partial charge is 0.321 e. The van der Waals surface area contributed by atoms with E-state index in [0.717, 1.165) is 22.6 Å². The van der Waals surface area contributed by atoms with Gasteiger partial charge in [-0.1, -0.05) is 18.2 Å². The lowest BCUT2D eigenvalue weighted by molar-refractivity contribution is 0.103. The van der Waals surface area contributed by atoms with Crippen molar-refractivity contribution < 1.29 is 4.79 Å². The van der Waals surface area contributed by atoms with E-state index >= 15 is 0 Å². The molecule has 1 aromatic carbocycles. The van der Waals surface area contributed by atoms with Crippen molar-refractivity contribution in [2.75, 3.05) is 5.32 Å². The number of benzene rings is 1. The van der Waals surface area contributed by atoms with Crippen molar-refractivity contribution in [2.24, 2.45) is 0 Å². The summed E-state index contributed by atoms with van der Waals surface area (Å²) in [5.41, 5.74) is 3.53. The summed E-state index contributed by atoms with van der Waals surface area (Å²) in [6.45, 7) is 1.94. The van der Waals surface area contributed by atoms with E-state index < -0.39 is 0 Å². The molecular formula is C18H14N4OS. The topological polar surface area (TPSA) is 59.3 Å². The number of rotatable bonds is 3. The maximum Gasteiger partial charge on any atom is 0.265 e. The highest BCUT2D eigenvalue weighted by atomic mass is 32.1. The highest BCUT2D eigenvalue weighted by Gasteiger charge is 2.08. The van der Waals surface area contributed by atoms with Crippen molar-refractivity contribution >= 4 is 28.7 Å². The van der Waals surface area contributed by atoms with Gasteiger partial charge in [0.25, 0.3) is 5.91 Å². The molecule has 0 aliphatic heterocycles. The smallest absolute Gasteiger partial charge is 0.265 e. The van der Waals surface area contributed by atoms with Crippen molar-refractivity contribution in [2.45, 2.75) is 6.92 Å². The molecule has 0 atom stereocenters. The normalized spacial score (nSPS) is 10.9. The minimum Gasteiger partial charge on any atom is -0.321 e. The molecule has 6 heteroatoms. The van der Waals surface area contributed by atoms with Gasteiger partial charge >= 0.3 is 0 Å². The lowest BCUT2D eigenvalue weighted by atomic mass is 10.1. The van der Waals surface area contributed by atoms with Crippen LogP contribution >= 0.6 is 11.3 Å². The lowest BCUT2D eigenvalue weighted by Gasteiger charge is -2.04. The van der Waals surface area contributed by atoms with Gasteiger partial charge in [-0.3, -0.25) is 9.20 Å². The first kappa shape index (κ1) is 14.6. The van der Waals surface area contributed by atoms with Crippen LogP contribution in [0.3, 0.4) is 0 Å². The third-order valence-electron chi connectivity index (χ3n) is 3.65. The monoisotopic (exact) mass is 334 g/mol. The molecule has 0 radical (unpaired) electrons. The second kappa shape index (κ2) is 5.90. The standard InChI is InChI=1S/C18H14N4OS/c1-12-8-9-22-11-15(21-18(22)19-12)13-4-6-14(7-5-13)20-17(23)16-3-2-10-24-16/h2-11H,1H3,(H,20,23). The van der Waals surface area contributed by atoms with Crippen molar-refractivity contribution in [3.05, 3.63) is 70.8 Å². The molecule has 118 valence electrons. The third-order valence-corrected chi connectivity index (χ3v) is 4.52. The van der Waals surface area contributed by atoms with Gasteiger partial charge < -0.3 is 5.32 Å². The first-order valence-corrected chi connectivity index (χ1v) is 8.35. The molecule has 0 unspecified atom stereocenters. The van der Waals surface area contributed by atoms with Gasteiger partial charge in [0.1, 0.15) is 0 Å². The van der Waals surface area contributed by atoms with Crippen LogP contribution in [0.5, 0.6) is 0 Å². The zero-order chi connectivity index (χ0) is 16.5. The number of anilines is 1. The number of hydrogen-bond donors (Lipinski definition) is 1. The molecule has 0 bridgehead atoms. The number of carbonyl (C=O) groups excluding carboxylic acids is 1. The molecule has 0 aliphatic rings. The Bertz CT molecular complexity index is 1000. The quantitative estimate of drug-likeness (QED) is 0.615. The molecular weight excluding hydrogens is 320 g/mol. The summed E-state index contributed by atoms with van der Waals surface area (Å²) in [5, 5.41) is 4.78. The summed E-state index contributed by atoms with van der Waals surface area (Å²) in [7, 11) is 0. The van der Waals surface area contributed by atoms with E-state index in [0.29, 0.717) is 10.7 Å². The van der Waals surface area contributed by atoms with Crippen LogP contribution < -0.4 is 5.32 Å². The number of aryl methyl sites for hydroxylation is 1. The summed E-state index contributed by atoms with van der Waals surface area (Å²) in [6.07, 6.45) is 3.89. The Balaban J connectivity index is 1.57. The highest BCUT2D eigenvalue weighted by Crippen LogP contribution is 2.21. The van der Waals surface area contributed by atoms with Crippen LogP contribution in [0, 0.1) is 6.92 Å². The summed E-state index contributed by atoms with van der Waals surface area (Å²) < 4.78 is 1.90. The zero-order valence-corrected chi connectivity index (χ0v) is 13.7. The van der Waals surface area contributed by atoms with E-state index in [-0.39, 0.29) is 5.91 Å². The number of carbonyl (C=O) groups is 1. The summed E-state index contributed by atoms with van der Waals surface area (Å²) >= 11 is 1.42. The molecule has 0 spiro atoms. The van der Waals surface area contributed by atoms with Gasteiger partial charge in [-0.05, 0) is 36.6 Å². The Morgan fingerprint density at radius 1 is 1.12 bits per heavy atom. The molecule has 0 saturated heterocycles. The fourth-order valence-corrected chi connectivity index (χ4v) is 3.04. The molecule has 3 heterocycles. The first-order chi connectivity index (χ1) is 11.7. The molecule has 0 fully saturated rings. The van der Waals surface area contributed by atoms with Crippen molar-refractivity contribution in [3.63, 3.8) is 0 Å². The molecule has 3 aromatic heterocycles. The fraction of sp³-hybridized carbons (Fsp3) is 0.0556. The fourth-order valence-electron chi connectivity index (χ4n) is 2.42. The number of thiophene rings is 1. The molecule has 5 nitrogen and oxygen atoms in total. The van der Waals surface area contributed by atoms with Gasteiger partial charge in [-0.25, -0.2) is 9.97 Å². The van der Waals surface area contributed by atoms with Gasteiger partial charge in [0.2, 0.25) is 5.78 Å². The minimum absolute atomic E-state index is 0.0924. The number of nitrogens with zero attached hydrogens (tertiary/aromatic N) is 3. The molecule has 1 amide bonds. The van der Waals surface area contributed by atoms with Crippen LogP contribution in [0.2, 0.25) is 0 Å². The Morgan fingerprint density at radius 3 is 2.71 bits per heavy atom. The molecule has 4 aromatic rings. The number of imidazole rings is 1. The maximum absolute atomic E-state index is 12.1. The van der Waals surface area contributed by atoms with Crippen molar-refractivity contribution in [1.29, 1.82) is 0 Å². The van der Waals surface area contributed by atoms with Crippen LogP contribution in [-0.2, 0) is 0 Å². The minimum atomic E-state index is -0.0924. The summed E-state index contributed by atoms with van der Waals surface area (Å²) in [6, 6.07) is 13.3. The Kier molecular flexibility index (Phi) is 3.59. The van der Waals surface area contributed by atoms with E-state index in [9.17, 15) is 4.79 Å². The van der Waals surface area contributed by atoms with Crippen LogP contribution in [0.1, 0.15) is 15.4 Å². The second-order valence-electron chi connectivity index (χ2n) is 5.41. The van der Waals surface area contributed by atoms with Crippen LogP contribution in [-0.4, -0.2) is 20.3 Å². The highest BCUT2D eigenvalue weighted by molar-refractivity contribution is 7.12. The SMILES string of the molecule is Cc1ccn2cc(-c3ccc(NC(=O)c4cccs4)cc3)nc2n1. The second-order valence-corrected chi connectivity index (χ2v) is 6.36.